The van der Waals surface area contributed by atoms with E-state index in [0.29, 0.717) is 5.75 Å². The quantitative estimate of drug-likeness (QED) is 0.526. The topological polar surface area (TPSA) is 61.9 Å². The summed E-state index contributed by atoms with van der Waals surface area (Å²) < 4.78 is 34.8. The molecule has 0 spiro atoms. The number of fused-ring (bicyclic) bond motifs is 1. The lowest BCUT2D eigenvalue weighted by molar-refractivity contribution is 0.180. The van der Waals surface area contributed by atoms with Gasteiger partial charge in [-0.2, -0.15) is 0 Å². The number of nitrogens with one attached hydrogen (secondary N) is 1. The van der Waals surface area contributed by atoms with E-state index in [4.69, 9.17) is 4.74 Å². The van der Waals surface area contributed by atoms with Gasteiger partial charge in [-0.3, -0.25) is 4.90 Å². The maximum absolute atomic E-state index is 13.3. The van der Waals surface area contributed by atoms with Crippen LogP contribution in [0.15, 0.2) is 71.6 Å². The highest BCUT2D eigenvalue weighted by molar-refractivity contribution is 7.89. The highest BCUT2D eigenvalue weighted by Gasteiger charge is 2.28. The molecular weight excluding hydrogens is 446 g/mol. The van der Waals surface area contributed by atoms with Crippen LogP contribution in [0.25, 0.3) is 0 Å². The van der Waals surface area contributed by atoms with E-state index in [0.717, 1.165) is 36.3 Å². The third kappa shape index (κ3) is 5.27. The van der Waals surface area contributed by atoms with Gasteiger partial charge in [0.05, 0.1) is 7.11 Å². The van der Waals surface area contributed by atoms with Gasteiger partial charge in [0, 0.05) is 45.5 Å². The first-order valence-electron chi connectivity index (χ1n) is 11.5. The Hall–Kier alpha value is -2.87. The Morgan fingerprint density at radius 3 is 2.41 bits per heavy atom. The zero-order valence-corrected chi connectivity index (χ0v) is 21.1. The molecule has 1 aliphatic rings. The molecule has 0 radical (unpaired) electrons. The molecule has 1 N–H and O–H groups in total. The van der Waals surface area contributed by atoms with Crippen LogP contribution in [0, 0.1) is 6.92 Å². The van der Waals surface area contributed by atoms with Crippen molar-refractivity contribution < 1.29 is 13.2 Å². The second-order valence-electron chi connectivity index (χ2n) is 9.00. The second kappa shape index (κ2) is 10.2. The third-order valence-corrected chi connectivity index (χ3v) is 7.92. The van der Waals surface area contributed by atoms with E-state index in [1.54, 1.807) is 12.1 Å². The van der Waals surface area contributed by atoms with Gasteiger partial charge < -0.3 is 9.64 Å². The fourth-order valence-corrected chi connectivity index (χ4v) is 5.79. The number of benzene rings is 3. The van der Waals surface area contributed by atoms with Crippen LogP contribution in [0.2, 0.25) is 0 Å². The first-order chi connectivity index (χ1) is 16.3. The number of ether oxygens (including phenoxy) is 1. The zero-order valence-electron chi connectivity index (χ0n) is 20.3. The SMILES string of the molecule is COc1ccc(C)cc1S(=O)(=O)NCC(c1ccc(N(C)C)cc1)N1CCc2ccccc2C1. The molecule has 3 aromatic carbocycles. The van der Waals surface area contributed by atoms with E-state index in [2.05, 4.69) is 63.1 Å². The molecule has 34 heavy (non-hydrogen) atoms. The molecule has 1 heterocycles. The monoisotopic (exact) mass is 479 g/mol. The number of hydrogen-bond donors (Lipinski definition) is 1. The zero-order chi connectivity index (χ0) is 24.3. The highest BCUT2D eigenvalue weighted by Crippen LogP contribution is 2.30. The average Bonchev–Trinajstić information content (AvgIpc) is 2.84. The van der Waals surface area contributed by atoms with Crippen LogP contribution >= 0.6 is 0 Å². The van der Waals surface area contributed by atoms with E-state index in [1.165, 1.54) is 18.2 Å². The van der Waals surface area contributed by atoms with Crippen molar-refractivity contribution in [1.29, 1.82) is 0 Å². The third-order valence-electron chi connectivity index (χ3n) is 6.47. The van der Waals surface area contributed by atoms with E-state index in [9.17, 15) is 8.42 Å². The Kier molecular flexibility index (Phi) is 7.26. The minimum atomic E-state index is -3.76. The molecule has 0 saturated heterocycles. The van der Waals surface area contributed by atoms with Crippen LogP contribution in [0.3, 0.4) is 0 Å². The summed E-state index contributed by atoms with van der Waals surface area (Å²) in [5.41, 5.74) is 5.72. The predicted molar refractivity (Wildman–Crippen MR) is 137 cm³/mol. The van der Waals surface area contributed by atoms with Crippen molar-refractivity contribution in [1.82, 2.24) is 9.62 Å². The van der Waals surface area contributed by atoms with Crippen LogP contribution in [-0.2, 0) is 23.0 Å². The number of methoxy groups -OCH3 is 1. The molecule has 6 nitrogen and oxygen atoms in total. The standard InChI is InChI=1S/C27H33N3O3S/c1-20-9-14-26(33-4)27(17-20)34(31,32)28-18-25(22-10-12-24(13-11-22)29(2)3)30-16-15-21-7-5-6-8-23(21)19-30/h5-14,17,25,28H,15-16,18-19H2,1-4H3. The van der Waals surface area contributed by atoms with Crippen molar-refractivity contribution in [3.63, 3.8) is 0 Å². The molecule has 0 aromatic heterocycles. The fourth-order valence-electron chi connectivity index (χ4n) is 4.50. The molecule has 0 bridgehead atoms. The molecule has 0 fully saturated rings. The molecule has 7 heteroatoms. The molecule has 0 aliphatic carbocycles. The van der Waals surface area contributed by atoms with Crippen molar-refractivity contribution in [2.24, 2.45) is 0 Å². The summed E-state index contributed by atoms with van der Waals surface area (Å²) in [5, 5.41) is 0. The van der Waals surface area contributed by atoms with E-state index >= 15 is 0 Å². The molecule has 1 atom stereocenters. The van der Waals surface area contributed by atoms with Crippen molar-refractivity contribution >= 4 is 15.7 Å². The number of hydrogen-bond acceptors (Lipinski definition) is 5. The van der Waals surface area contributed by atoms with Gasteiger partial charge in [0.2, 0.25) is 10.0 Å². The van der Waals surface area contributed by atoms with Crippen LogP contribution in [0.5, 0.6) is 5.75 Å². The Morgan fingerprint density at radius 1 is 1.03 bits per heavy atom. The number of aryl methyl sites for hydroxylation is 1. The van der Waals surface area contributed by atoms with E-state index in [-0.39, 0.29) is 17.5 Å². The lowest BCUT2D eigenvalue weighted by Gasteiger charge is -2.36. The van der Waals surface area contributed by atoms with Gasteiger partial charge >= 0.3 is 0 Å². The van der Waals surface area contributed by atoms with Gasteiger partial charge in [0.1, 0.15) is 10.6 Å². The number of nitrogens with zero attached hydrogens (tertiary/aromatic N) is 2. The van der Waals surface area contributed by atoms with E-state index < -0.39 is 10.0 Å². The first kappa shape index (κ1) is 24.3. The summed E-state index contributed by atoms with van der Waals surface area (Å²) >= 11 is 0. The molecule has 3 aromatic rings. The molecule has 0 saturated carbocycles. The van der Waals surface area contributed by atoms with Gasteiger partial charge in [-0.1, -0.05) is 42.5 Å². The maximum atomic E-state index is 13.3. The Labute approximate surface area is 203 Å². The van der Waals surface area contributed by atoms with Crippen molar-refractivity contribution in [2.45, 2.75) is 30.8 Å². The van der Waals surface area contributed by atoms with E-state index in [1.807, 2.05) is 27.1 Å². The summed E-state index contributed by atoms with van der Waals surface area (Å²) in [6.45, 7) is 3.79. The predicted octanol–water partition coefficient (Wildman–Crippen LogP) is 4.15. The Balaban J connectivity index is 1.63. The van der Waals surface area contributed by atoms with Crippen LogP contribution < -0.4 is 14.4 Å². The highest BCUT2D eigenvalue weighted by atomic mass is 32.2. The second-order valence-corrected chi connectivity index (χ2v) is 10.7. The largest absolute Gasteiger partial charge is 0.495 e. The Morgan fingerprint density at radius 2 is 1.74 bits per heavy atom. The van der Waals surface area contributed by atoms with Gasteiger partial charge in [-0.25, -0.2) is 13.1 Å². The van der Waals surface area contributed by atoms with Gasteiger partial charge in [-0.15, -0.1) is 0 Å². The van der Waals surface area contributed by atoms with Crippen LogP contribution in [-0.4, -0.2) is 47.6 Å². The van der Waals surface area contributed by atoms with Crippen LogP contribution in [0.1, 0.15) is 28.3 Å². The lowest BCUT2D eigenvalue weighted by atomic mass is 9.96. The minimum Gasteiger partial charge on any atom is -0.495 e. The van der Waals surface area contributed by atoms with Crippen molar-refractivity contribution in [2.75, 3.05) is 39.2 Å². The Bertz CT molecular complexity index is 1240. The summed E-state index contributed by atoms with van der Waals surface area (Å²) in [6.07, 6.45) is 0.945. The number of anilines is 1. The first-order valence-corrected chi connectivity index (χ1v) is 13.0. The minimum absolute atomic E-state index is 0.102. The lowest BCUT2D eigenvalue weighted by Crippen LogP contribution is -2.40. The molecule has 4 rings (SSSR count). The summed E-state index contributed by atoms with van der Waals surface area (Å²) in [5.74, 6) is 0.344. The average molecular weight is 480 g/mol. The van der Waals surface area contributed by atoms with Gasteiger partial charge in [0.25, 0.3) is 0 Å². The molecule has 0 amide bonds. The summed E-state index contributed by atoms with van der Waals surface area (Å²) in [7, 11) is 1.75. The summed E-state index contributed by atoms with van der Waals surface area (Å²) in [4.78, 5) is 4.59. The molecular formula is C27H33N3O3S. The number of sulfonamides is 1. The van der Waals surface area contributed by atoms with Crippen LogP contribution in [0.4, 0.5) is 5.69 Å². The van der Waals surface area contributed by atoms with Crippen molar-refractivity contribution in [3.8, 4) is 5.75 Å². The van der Waals surface area contributed by atoms with Gasteiger partial charge in [0.15, 0.2) is 0 Å². The van der Waals surface area contributed by atoms with Gasteiger partial charge in [-0.05, 0) is 59.9 Å². The molecule has 180 valence electrons. The maximum Gasteiger partial charge on any atom is 0.244 e. The molecule has 1 unspecified atom stereocenters. The smallest absolute Gasteiger partial charge is 0.244 e. The van der Waals surface area contributed by atoms with Crippen molar-refractivity contribution in [3.05, 3.63) is 89.0 Å². The normalized spacial score (nSPS) is 14.9. The fraction of sp³-hybridized carbons (Fsp3) is 0.333. The summed E-state index contributed by atoms with van der Waals surface area (Å²) in [6, 6.07) is 21.9. The molecule has 1 aliphatic heterocycles. The number of rotatable bonds is 8.